The van der Waals surface area contributed by atoms with Gasteiger partial charge < -0.3 is 14.5 Å². The van der Waals surface area contributed by atoms with E-state index in [1.165, 1.54) is 4.90 Å². The number of nitrogens with one attached hydrogen (secondary N) is 1. The van der Waals surface area contributed by atoms with Crippen LogP contribution in [0.15, 0.2) is 54.6 Å². The van der Waals surface area contributed by atoms with Gasteiger partial charge >= 0.3 is 0 Å². The summed E-state index contributed by atoms with van der Waals surface area (Å²) < 4.78 is 7.61. The molecule has 2 aromatic carbocycles. The molecule has 0 amide bonds. The Kier molecular flexibility index (Phi) is 5.50. The second-order valence-corrected chi connectivity index (χ2v) is 6.95. The van der Waals surface area contributed by atoms with Crippen LogP contribution in [0.4, 0.5) is 5.95 Å². The van der Waals surface area contributed by atoms with Crippen LogP contribution in [-0.4, -0.2) is 59.5 Å². The molecule has 0 bridgehead atoms. The third-order valence-corrected chi connectivity index (χ3v) is 5.00. The number of tetrazole rings is 1. The number of anilines is 1. The Morgan fingerprint density at radius 3 is 2.48 bits per heavy atom. The molecule has 4 rings (SSSR count). The number of quaternary nitrogens is 1. The molecule has 1 aromatic heterocycles. The highest BCUT2D eigenvalue weighted by Crippen LogP contribution is 2.16. The fourth-order valence-electron chi connectivity index (χ4n) is 3.23. The molecule has 1 aliphatic rings. The first-order valence-corrected chi connectivity index (χ1v) is 9.48. The van der Waals surface area contributed by atoms with Gasteiger partial charge in [0, 0.05) is 5.02 Å². The van der Waals surface area contributed by atoms with Crippen molar-refractivity contribution >= 4 is 17.5 Å². The summed E-state index contributed by atoms with van der Waals surface area (Å²) in [4.78, 5) is 3.77. The van der Waals surface area contributed by atoms with Crippen LogP contribution in [-0.2, 0) is 0 Å². The van der Waals surface area contributed by atoms with Crippen LogP contribution in [0.3, 0.4) is 0 Å². The van der Waals surface area contributed by atoms with Gasteiger partial charge in [-0.25, -0.2) is 0 Å². The molecule has 1 N–H and O–H groups in total. The standard InChI is InChI=1S/C19H21ClN6O/c20-16-6-8-18(9-7-16)27-15-14-24-10-12-25(13-11-24)19-21-22-23-26(19)17-4-2-1-3-5-17/h1-9H,10-15H2/p+1. The van der Waals surface area contributed by atoms with E-state index in [-0.39, 0.29) is 0 Å². The number of para-hydroxylation sites is 1. The van der Waals surface area contributed by atoms with Gasteiger partial charge in [0.05, 0.1) is 31.9 Å². The van der Waals surface area contributed by atoms with Crippen molar-refractivity contribution in [1.29, 1.82) is 0 Å². The summed E-state index contributed by atoms with van der Waals surface area (Å²) in [5.74, 6) is 1.66. The van der Waals surface area contributed by atoms with Crippen LogP contribution in [0.5, 0.6) is 5.75 Å². The third kappa shape index (κ3) is 4.37. The van der Waals surface area contributed by atoms with Crippen LogP contribution < -0.4 is 14.5 Å². The van der Waals surface area contributed by atoms with E-state index < -0.39 is 0 Å². The fourth-order valence-corrected chi connectivity index (χ4v) is 3.36. The molecule has 0 spiro atoms. The molecular formula is C19H22ClN6O+. The van der Waals surface area contributed by atoms with Crippen molar-refractivity contribution < 1.29 is 9.64 Å². The topological polar surface area (TPSA) is 60.5 Å². The number of piperazine rings is 1. The van der Waals surface area contributed by atoms with E-state index in [1.54, 1.807) is 4.68 Å². The predicted octanol–water partition coefficient (Wildman–Crippen LogP) is 1.10. The molecule has 0 unspecified atom stereocenters. The van der Waals surface area contributed by atoms with E-state index in [1.807, 2.05) is 54.6 Å². The zero-order valence-corrected chi connectivity index (χ0v) is 15.7. The Morgan fingerprint density at radius 1 is 1.00 bits per heavy atom. The maximum atomic E-state index is 5.89. The Morgan fingerprint density at radius 2 is 1.74 bits per heavy atom. The van der Waals surface area contributed by atoms with Gasteiger partial charge in [-0.15, -0.1) is 0 Å². The van der Waals surface area contributed by atoms with Crippen molar-refractivity contribution in [3.8, 4) is 11.4 Å². The van der Waals surface area contributed by atoms with Crippen molar-refractivity contribution in [2.75, 3.05) is 44.2 Å². The molecule has 0 aliphatic carbocycles. The number of rotatable bonds is 6. The molecule has 8 heteroatoms. The lowest BCUT2D eigenvalue weighted by atomic mass is 10.3. The Bertz CT molecular complexity index is 846. The van der Waals surface area contributed by atoms with E-state index >= 15 is 0 Å². The van der Waals surface area contributed by atoms with Crippen molar-refractivity contribution in [2.45, 2.75) is 0 Å². The summed E-state index contributed by atoms with van der Waals surface area (Å²) in [5.41, 5.74) is 0.976. The van der Waals surface area contributed by atoms with Gasteiger partial charge in [-0.3, -0.25) is 0 Å². The van der Waals surface area contributed by atoms with Crippen molar-refractivity contribution in [2.24, 2.45) is 0 Å². The van der Waals surface area contributed by atoms with Gasteiger partial charge in [0.15, 0.2) is 0 Å². The van der Waals surface area contributed by atoms with E-state index in [0.29, 0.717) is 6.61 Å². The van der Waals surface area contributed by atoms with E-state index in [2.05, 4.69) is 20.4 Å². The molecule has 1 aliphatic heterocycles. The monoisotopic (exact) mass is 385 g/mol. The van der Waals surface area contributed by atoms with Crippen LogP contribution in [0.1, 0.15) is 0 Å². The largest absolute Gasteiger partial charge is 0.488 e. The number of benzene rings is 2. The maximum Gasteiger partial charge on any atom is 0.250 e. The Labute approximate surface area is 163 Å². The first-order chi connectivity index (χ1) is 13.3. The van der Waals surface area contributed by atoms with Gasteiger partial charge in [0.2, 0.25) is 0 Å². The van der Waals surface area contributed by atoms with Gasteiger partial charge in [-0.05, 0) is 46.8 Å². The summed E-state index contributed by atoms with van der Waals surface area (Å²) in [6.07, 6.45) is 0. The van der Waals surface area contributed by atoms with Crippen LogP contribution in [0, 0.1) is 0 Å². The number of aromatic nitrogens is 4. The average Bonchev–Trinajstić information content (AvgIpc) is 3.21. The number of nitrogens with zero attached hydrogens (tertiary/aromatic N) is 5. The number of ether oxygens (including phenoxy) is 1. The molecule has 0 saturated carbocycles. The molecule has 7 nitrogen and oxygen atoms in total. The first kappa shape index (κ1) is 17.8. The lowest BCUT2D eigenvalue weighted by molar-refractivity contribution is -0.900. The fraction of sp³-hybridized carbons (Fsp3) is 0.316. The van der Waals surface area contributed by atoms with Crippen molar-refractivity contribution in [1.82, 2.24) is 20.2 Å². The molecular weight excluding hydrogens is 364 g/mol. The van der Waals surface area contributed by atoms with Gasteiger partial charge in [-0.2, -0.15) is 4.68 Å². The number of hydrogen-bond acceptors (Lipinski definition) is 5. The van der Waals surface area contributed by atoms with Gasteiger partial charge in [-0.1, -0.05) is 34.9 Å². The second kappa shape index (κ2) is 8.37. The summed E-state index contributed by atoms with van der Waals surface area (Å²) in [6, 6.07) is 17.5. The van der Waals surface area contributed by atoms with Crippen LogP contribution in [0.2, 0.25) is 5.02 Å². The normalized spacial score (nSPS) is 15.1. The highest BCUT2D eigenvalue weighted by molar-refractivity contribution is 6.30. The Balaban J connectivity index is 1.28. The minimum absolute atomic E-state index is 0.693. The molecule has 140 valence electrons. The lowest BCUT2D eigenvalue weighted by Crippen LogP contribution is -3.15. The minimum atomic E-state index is 0.693. The smallest absolute Gasteiger partial charge is 0.250 e. The third-order valence-electron chi connectivity index (χ3n) is 4.75. The quantitative estimate of drug-likeness (QED) is 0.688. The number of halogens is 1. The minimum Gasteiger partial charge on any atom is -0.488 e. The van der Waals surface area contributed by atoms with Gasteiger partial charge in [0.1, 0.15) is 18.9 Å². The zero-order chi connectivity index (χ0) is 18.5. The van der Waals surface area contributed by atoms with Crippen LogP contribution in [0.25, 0.3) is 5.69 Å². The highest BCUT2D eigenvalue weighted by atomic mass is 35.5. The van der Waals surface area contributed by atoms with E-state index in [0.717, 1.165) is 55.1 Å². The van der Waals surface area contributed by atoms with Crippen LogP contribution >= 0.6 is 11.6 Å². The summed E-state index contributed by atoms with van der Waals surface area (Å²) >= 11 is 5.89. The van der Waals surface area contributed by atoms with Crippen molar-refractivity contribution in [3.63, 3.8) is 0 Å². The molecule has 27 heavy (non-hydrogen) atoms. The highest BCUT2D eigenvalue weighted by Gasteiger charge is 2.24. The maximum absolute atomic E-state index is 5.89. The molecule has 0 atom stereocenters. The summed E-state index contributed by atoms with van der Waals surface area (Å²) in [7, 11) is 0. The average molecular weight is 386 g/mol. The predicted molar refractivity (Wildman–Crippen MR) is 104 cm³/mol. The van der Waals surface area contributed by atoms with E-state index in [4.69, 9.17) is 16.3 Å². The molecule has 0 radical (unpaired) electrons. The summed E-state index contributed by atoms with van der Waals surface area (Å²) in [6.45, 7) is 5.57. The van der Waals surface area contributed by atoms with Gasteiger partial charge in [0.25, 0.3) is 5.95 Å². The molecule has 2 heterocycles. The SMILES string of the molecule is Clc1ccc(OCC[NH+]2CCN(c3nnnn3-c3ccccc3)CC2)cc1. The lowest BCUT2D eigenvalue weighted by Gasteiger charge is -2.32. The van der Waals surface area contributed by atoms with Crippen molar-refractivity contribution in [3.05, 3.63) is 59.6 Å². The summed E-state index contributed by atoms with van der Waals surface area (Å²) in [5, 5.41) is 13.0. The molecule has 3 aromatic rings. The molecule has 1 fully saturated rings. The number of hydrogen-bond donors (Lipinski definition) is 1. The first-order valence-electron chi connectivity index (χ1n) is 9.10. The second-order valence-electron chi connectivity index (χ2n) is 6.52. The van der Waals surface area contributed by atoms with E-state index in [9.17, 15) is 0 Å². The Hall–Kier alpha value is -2.64. The molecule has 1 saturated heterocycles. The zero-order valence-electron chi connectivity index (χ0n) is 15.0.